The van der Waals surface area contributed by atoms with Crippen LogP contribution in [-0.2, 0) is 35.4 Å². The normalized spacial score (nSPS) is 19.0. The van der Waals surface area contributed by atoms with Gasteiger partial charge in [-0.1, -0.05) is 13.0 Å². The number of nitrogens with zero attached hydrogens (tertiary/aromatic N) is 3. The molecule has 212 valence electrons. The summed E-state index contributed by atoms with van der Waals surface area (Å²) in [4.78, 5) is 22.8. The van der Waals surface area contributed by atoms with Crippen molar-refractivity contribution in [2.24, 2.45) is 0 Å². The molecule has 1 aromatic carbocycles. The minimum atomic E-state index is -4.79. The minimum Gasteiger partial charge on any atom is -0.334 e. The molecule has 1 amide bonds. The summed E-state index contributed by atoms with van der Waals surface area (Å²) in [6, 6.07) is 5.20. The lowest BCUT2D eigenvalue weighted by molar-refractivity contribution is -0.137. The maximum Gasteiger partial charge on any atom is 0.420 e. The quantitative estimate of drug-likeness (QED) is 0.432. The second kappa shape index (κ2) is 10.1. The molecule has 2 N–H and O–H groups in total. The molecule has 3 aliphatic rings. The van der Waals surface area contributed by atoms with E-state index in [-0.39, 0.29) is 38.9 Å². The fraction of sp³-hybridized carbons (Fsp3) is 0.444. The first-order valence-corrected chi connectivity index (χ1v) is 15.8. The van der Waals surface area contributed by atoms with Crippen molar-refractivity contribution >= 4 is 38.7 Å². The predicted molar refractivity (Wildman–Crippen MR) is 146 cm³/mol. The molecule has 0 radical (unpaired) electrons. The Morgan fingerprint density at radius 3 is 2.70 bits per heavy atom. The standard InChI is InChI=1S/C27H28F3N5O3S2/c1-2-15-10-17-13-31-7-6-16(17)11-20(15)33-26-32-14-19(27(28,29)30)23(34-26)21-12-22-24(39-21)25(36)35(18-4-3-5-18)8-9-40(22,37)38/h10-12,14,18,31H,2-9,13H2,1H3,(H,32,33,34). The smallest absolute Gasteiger partial charge is 0.334 e. The molecule has 1 saturated carbocycles. The van der Waals surface area contributed by atoms with Crippen molar-refractivity contribution in [3.05, 3.63) is 51.5 Å². The van der Waals surface area contributed by atoms with Crippen molar-refractivity contribution in [3.8, 4) is 10.6 Å². The van der Waals surface area contributed by atoms with Crippen molar-refractivity contribution < 1.29 is 26.4 Å². The average molecular weight is 592 g/mol. The van der Waals surface area contributed by atoms with Gasteiger partial charge in [-0.15, -0.1) is 11.3 Å². The van der Waals surface area contributed by atoms with Crippen molar-refractivity contribution in [3.63, 3.8) is 0 Å². The summed E-state index contributed by atoms with van der Waals surface area (Å²) in [7, 11) is -3.87. The third-order valence-corrected chi connectivity index (χ3v) is 10.8. The molecule has 2 aliphatic heterocycles. The van der Waals surface area contributed by atoms with E-state index < -0.39 is 33.2 Å². The largest absolute Gasteiger partial charge is 0.420 e. The lowest BCUT2D eigenvalue weighted by Gasteiger charge is -2.36. The lowest BCUT2D eigenvalue weighted by atomic mass is 9.91. The van der Waals surface area contributed by atoms with E-state index in [4.69, 9.17) is 0 Å². The molecule has 0 saturated heterocycles. The third kappa shape index (κ3) is 4.88. The van der Waals surface area contributed by atoms with Crippen LogP contribution in [0.25, 0.3) is 10.6 Å². The molecule has 6 rings (SSSR count). The number of rotatable bonds is 5. The number of sulfone groups is 1. The first-order chi connectivity index (χ1) is 19.0. The average Bonchev–Trinajstić information content (AvgIpc) is 3.32. The molecule has 3 aromatic rings. The van der Waals surface area contributed by atoms with E-state index in [1.807, 2.05) is 13.0 Å². The highest BCUT2D eigenvalue weighted by molar-refractivity contribution is 7.91. The molecule has 0 spiro atoms. The molecule has 4 heterocycles. The van der Waals surface area contributed by atoms with Crippen LogP contribution in [0.15, 0.2) is 29.3 Å². The fourth-order valence-electron chi connectivity index (χ4n) is 5.43. The third-order valence-electron chi connectivity index (χ3n) is 7.87. The summed E-state index contributed by atoms with van der Waals surface area (Å²) in [5.74, 6) is -0.760. The minimum absolute atomic E-state index is 0.0395. The maximum absolute atomic E-state index is 14.1. The van der Waals surface area contributed by atoms with E-state index in [1.54, 1.807) is 4.90 Å². The van der Waals surface area contributed by atoms with E-state index in [9.17, 15) is 26.4 Å². The van der Waals surface area contributed by atoms with Crippen LogP contribution in [-0.4, -0.2) is 54.1 Å². The Labute approximate surface area is 233 Å². The number of carbonyl (C=O) groups excluding carboxylic acids is 1. The van der Waals surface area contributed by atoms with Gasteiger partial charge in [-0.05, 0) is 67.5 Å². The number of nitrogens with one attached hydrogen (secondary N) is 2. The number of thiophene rings is 1. The Bertz CT molecular complexity index is 1600. The van der Waals surface area contributed by atoms with E-state index >= 15 is 0 Å². The summed E-state index contributed by atoms with van der Waals surface area (Å²) in [5, 5.41) is 6.43. The van der Waals surface area contributed by atoms with Gasteiger partial charge in [0.2, 0.25) is 5.95 Å². The Balaban J connectivity index is 1.43. The fourth-order valence-corrected chi connectivity index (χ4v) is 8.35. The monoisotopic (exact) mass is 591 g/mol. The van der Waals surface area contributed by atoms with Gasteiger partial charge in [0.1, 0.15) is 10.4 Å². The van der Waals surface area contributed by atoms with E-state index in [2.05, 4.69) is 26.7 Å². The van der Waals surface area contributed by atoms with Gasteiger partial charge in [0.15, 0.2) is 9.84 Å². The Morgan fingerprint density at radius 2 is 2.00 bits per heavy atom. The van der Waals surface area contributed by atoms with Crippen molar-refractivity contribution in [1.29, 1.82) is 0 Å². The molecular formula is C27H28F3N5O3S2. The lowest BCUT2D eigenvalue weighted by Crippen LogP contribution is -2.44. The molecule has 40 heavy (non-hydrogen) atoms. The molecule has 1 fully saturated rings. The number of hydrogen-bond donors (Lipinski definition) is 2. The molecular weight excluding hydrogens is 563 g/mol. The number of halogens is 3. The molecule has 8 nitrogen and oxygen atoms in total. The van der Waals surface area contributed by atoms with Crippen LogP contribution in [0.4, 0.5) is 24.8 Å². The Hall–Kier alpha value is -3.03. The zero-order valence-electron chi connectivity index (χ0n) is 21.8. The van der Waals surface area contributed by atoms with Crippen molar-refractivity contribution in [2.75, 3.05) is 24.2 Å². The summed E-state index contributed by atoms with van der Waals surface area (Å²) < 4.78 is 68.5. The number of hydrogen-bond acceptors (Lipinski definition) is 8. The number of aryl methyl sites for hydroxylation is 1. The molecule has 1 aliphatic carbocycles. The SMILES string of the molecule is CCc1cc2c(cc1Nc1ncc(C(F)(F)F)c(-c3cc4c(s3)C(=O)N(C3CCC3)CCS4(=O)=O)n1)CCNC2. The summed E-state index contributed by atoms with van der Waals surface area (Å²) >= 11 is 0.744. The highest BCUT2D eigenvalue weighted by atomic mass is 32.2. The number of amides is 1. The van der Waals surface area contributed by atoms with Gasteiger partial charge >= 0.3 is 6.18 Å². The highest BCUT2D eigenvalue weighted by Crippen LogP contribution is 2.43. The van der Waals surface area contributed by atoms with Crippen molar-refractivity contribution in [2.45, 2.75) is 62.7 Å². The first-order valence-electron chi connectivity index (χ1n) is 13.3. The zero-order valence-corrected chi connectivity index (χ0v) is 23.4. The topological polar surface area (TPSA) is 104 Å². The van der Waals surface area contributed by atoms with Crippen LogP contribution in [0.5, 0.6) is 0 Å². The molecule has 0 bridgehead atoms. The maximum atomic E-state index is 14.1. The van der Waals surface area contributed by atoms with Gasteiger partial charge < -0.3 is 15.5 Å². The number of fused-ring (bicyclic) bond motifs is 2. The first kappa shape index (κ1) is 27.2. The van der Waals surface area contributed by atoms with Gasteiger partial charge in [0.25, 0.3) is 5.91 Å². The molecule has 13 heteroatoms. The van der Waals surface area contributed by atoms with Crippen LogP contribution in [0.3, 0.4) is 0 Å². The number of anilines is 2. The number of aromatic nitrogens is 2. The summed E-state index contributed by atoms with van der Waals surface area (Å²) in [6.45, 7) is 3.66. The zero-order chi connectivity index (χ0) is 28.2. The predicted octanol–water partition coefficient (Wildman–Crippen LogP) is 4.96. The number of alkyl halides is 3. The van der Waals surface area contributed by atoms with Gasteiger partial charge in [-0.3, -0.25) is 4.79 Å². The van der Waals surface area contributed by atoms with Gasteiger partial charge in [-0.25, -0.2) is 18.4 Å². The second-order valence-electron chi connectivity index (χ2n) is 10.3. The Morgan fingerprint density at radius 1 is 1.20 bits per heavy atom. The van der Waals surface area contributed by atoms with Gasteiger partial charge in [0, 0.05) is 31.0 Å². The van der Waals surface area contributed by atoms with Crippen molar-refractivity contribution in [1.82, 2.24) is 20.2 Å². The van der Waals surface area contributed by atoms with Crippen LogP contribution < -0.4 is 10.6 Å². The molecule has 2 aromatic heterocycles. The molecule has 0 atom stereocenters. The van der Waals surface area contributed by atoms with Gasteiger partial charge in [-0.2, -0.15) is 13.2 Å². The van der Waals surface area contributed by atoms with E-state index in [0.717, 1.165) is 61.2 Å². The van der Waals surface area contributed by atoms with Crippen LogP contribution in [0, 0.1) is 0 Å². The van der Waals surface area contributed by atoms with Gasteiger partial charge in [0.05, 0.1) is 21.2 Å². The second-order valence-corrected chi connectivity index (χ2v) is 13.5. The van der Waals surface area contributed by atoms with Crippen LogP contribution in [0.1, 0.15) is 58.1 Å². The van der Waals surface area contributed by atoms with Crippen LogP contribution in [0.2, 0.25) is 0 Å². The summed E-state index contributed by atoms with van der Waals surface area (Å²) in [5.41, 5.74) is 2.47. The van der Waals surface area contributed by atoms with Crippen LogP contribution >= 0.6 is 11.3 Å². The molecule has 0 unspecified atom stereocenters. The highest BCUT2D eigenvalue weighted by Gasteiger charge is 2.40. The Kier molecular flexibility index (Phi) is 6.86. The number of benzene rings is 1. The summed E-state index contributed by atoms with van der Waals surface area (Å²) in [6.07, 6.45) is -0.0261. The number of carbonyl (C=O) groups is 1. The van der Waals surface area contributed by atoms with E-state index in [0.29, 0.717) is 18.3 Å². The van der Waals surface area contributed by atoms with E-state index in [1.165, 1.54) is 11.6 Å².